The number of carbonyl (C=O) groups excluding carboxylic acids is 1. The number of nitrogens with zero attached hydrogens (tertiary/aromatic N) is 2. The largest absolute Gasteiger partial charge is 0.491 e. The number of hydrogen-bond donors (Lipinski definition) is 1. The Morgan fingerprint density at radius 1 is 1.24 bits per heavy atom. The first-order valence-electron chi connectivity index (χ1n) is 6.93. The molecule has 1 N–H and O–H groups in total. The average Bonchev–Trinajstić information content (AvgIpc) is 2.68. The molecule has 0 saturated heterocycles. The first-order valence-corrected chi connectivity index (χ1v) is 6.93. The highest BCUT2D eigenvalue weighted by Crippen LogP contribution is 2.23. The molecule has 1 amide bonds. The molecule has 21 heavy (non-hydrogen) atoms. The molecule has 2 heterocycles. The molecule has 108 valence electrons. The van der Waals surface area contributed by atoms with E-state index in [1.807, 2.05) is 43.4 Å². The van der Waals surface area contributed by atoms with Crippen LogP contribution in [-0.4, -0.2) is 36.0 Å². The van der Waals surface area contributed by atoms with Crippen LogP contribution in [0.4, 0.5) is 5.82 Å². The van der Waals surface area contributed by atoms with Gasteiger partial charge in [0.1, 0.15) is 18.2 Å². The number of pyridine rings is 1. The molecule has 0 atom stereocenters. The van der Waals surface area contributed by atoms with Gasteiger partial charge in [0.05, 0.1) is 24.3 Å². The average molecular weight is 283 g/mol. The van der Waals surface area contributed by atoms with Crippen molar-refractivity contribution >= 4 is 11.7 Å². The molecule has 1 aromatic carbocycles. The minimum absolute atomic E-state index is 0.0141. The highest BCUT2D eigenvalue weighted by atomic mass is 16.5. The Morgan fingerprint density at radius 2 is 2.10 bits per heavy atom. The molecule has 1 aliphatic heterocycles. The van der Waals surface area contributed by atoms with Crippen molar-refractivity contribution in [2.24, 2.45) is 0 Å². The van der Waals surface area contributed by atoms with Crippen LogP contribution in [0, 0.1) is 0 Å². The van der Waals surface area contributed by atoms with Crippen LogP contribution in [0.5, 0.6) is 5.75 Å². The summed E-state index contributed by atoms with van der Waals surface area (Å²) < 4.78 is 5.64. The first-order chi connectivity index (χ1) is 10.3. The molecule has 3 rings (SSSR count). The summed E-state index contributed by atoms with van der Waals surface area (Å²) in [6.07, 6.45) is 0. The summed E-state index contributed by atoms with van der Waals surface area (Å²) in [7, 11) is 1.83. The molecule has 0 spiro atoms. The Kier molecular flexibility index (Phi) is 3.73. The summed E-state index contributed by atoms with van der Waals surface area (Å²) in [4.78, 5) is 18.8. The predicted molar refractivity (Wildman–Crippen MR) is 80.5 cm³/mol. The molecule has 1 aromatic heterocycles. The van der Waals surface area contributed by atoms with E-state index in [1.54, 1.807) is 11.0 Å². The van der Waals surface area contributed by atoms with Crippen LogP contribution in [0.1, 0.15) is 16.1 Å². The number of amides is 1. The van der Waals surface area contributed by atoms with Crippen LogP contribution in [0.25, 0.3) is 0 Å². The number of rotatable bonds is 3. The molecular formula is C16H17N3O2. The van der Waals surface area contributed by atoms with Crippen molar-refractivity contribution in [3.05, 3.63) is 53.7 Å². The van der Waals surface area contributed by atoms with E-state index in [1.165, 1.54) is 0 Å². The molecule has 0 radical (unpaired) electrons. The van der Waals surface area contributed by atoms with Gasteiger partial charge in [0, 0.05) is 7.05 Å². The predicted octanol–water partition coefficient (Wildman–Crippen LogP) is 2.16. The lowest BCUT2D eigenvalue weighted by atomic mass is 10.1. The number of para-hydroxylation sites is 1. The lowest BCUT2D eigenvalue weighted by Crippen LogP contribution is -2.32. The standard InChI is InChI=1S/C16H17N3O2/c1-17-15-8-4-5-12(18-15)11-19-9-10-21-14-7-3-2-6-13(14)16(19)20/h2-8H,9-11H2,1H3,(H,17,18). The second kappa shape index (κ2) is 5.83. The lowest BCUT2D eigenvalue weighted by Gasteiger charge is -2.19. The second-order valence-corrected chi connectivity index (χ2v) is 4.84. The highest BCUT2D eigenvalue weighted by Gasteiger charge is 2.23. The quantitative estimate of drug-likeness (QED) is 0.938. The fraction of sp³-hybridized carbons (Fsp3) is 0.250. The zero-order valence-electron chi connectivity index (χ0n) is 11.9. The number of benzene rings is 1. The van der Waals surface area contributed by atoms with Gasteiger partial charge < -0.3 is 15.0 Å². The summed E-state index contributed by atoms with van der Waals surface area (Å²) in [5, 5.41) is 3.00. The van der Waals surface area contributed by atoms with Crippen molar-refractivity contribution in [3.63, 3.8) is 0 Å². The van der Waals surface area contributed by atoms with Gasteiger partial charge >= 0.3 is 0 Å². The molecule has 5 heteroatoms. The Labute approximate surface area is 123 Å². The maximum atomic E-state index is 12.6. The summed E-state index contributed by atoms with van der Waals surface area (Å²) in [5.74, 6) is 1.44. The van der Waals surface area contributed by atoms with Crippen molar-refractivity contribution in [1.82, 2.24) is 9.88 Å². The molecule has 2 aromatic rings. The van der Waals surface area contributed by atoms with Crippen molar-refractivity contribution in [1.29, 1.82) is 0 Å². The van der Waals surface area contributed by atoms with Crippen molar-refractivity contribution in [3.8, 4) is 5.75 Å². The molecule has 0 unspecified atom stereocenters. The maximum absolute atomic E-state index is 12.6. The van der Waals surface area contributed by atoms with E-state index in [9.17, 15) is 4.79 Å². The Hall–Kier alpha value is -2.56. The van der Waals surface area contributed by atoms with Gasteiger partial charge in [0.15, 0.2) is 0 Å². The van der Waals surface area contributed by atoms with Crippen molar-refractivity contribution in [2.75, 3.05) is 25.5 Å². The van der Waals surface area contributed by atoms with Gasteiger partial charge in [-0.25, -0.2) is 4.98 Å². The smallest absolute Gasteiger partial charge is 0.258 e. The number of anilines is 1. The number of nitrogens with one attached hydrogen (secondary N) is 1. The zero-order chi connectivity index (χ0) is 14.7. The van der Waals surface area contributed by atoms with Gasteiger partial charge in [0.25, 0.3) is 5.91 Å². The Bertz CT molecular complexity index is 657. The third-order valence-electron chi connectivity index (χ3n) is 3.44. The Balaban J connectivity index is 1.84. The monoisotopic (exact) mass is 283 g/mol. The maximum Gasteiger partial charge on any atom is 0.258 e. The van der Waals surface area contributed by atoms with E-state index in [0.717, 1.165) is 11.5 Å². The number of fused-ring (bicyclic) bond motifs is 1. The van der Waals surface area contributed by atoms with Gasteiger partial charge in [0.2, 0.25) is 0 Å². The van der Waals surface area contributed by atoms with Gasteiger partial charge in [-0.05, 0) is 24.3 Å². The summed E-state index contributed by atoms with van der Waals surface area (Å²) in [6.45, 7) is 1.53. The van der Waals surface area contributed by atoms with E-state index >= 15 is 0 Å². The molecular weight excluding hydrogens is 266 g/mol. The van der Waals surface area contributed by atoms with E-state index in [-0.39, 0.29) is 5.91 Å². The molecule has 0 bridgehead atoms. The number of hydrogen-bond acceptors (Lipinski definition) is 4. The minimum atomic E-state index is -0.0141. The highest BCUT2D eigenvalue weighted by molar-refractivity contribution is 5.97. The van der Waals surface area contributed by atoms with Gasteiger partial charge in [-0.1, -0.05) is 18.2 Å². The molecule has 0 saturated carbocycles. The van der Waals surface area contributed by atoms with Gasteiger partial charge in [-0.2, -0.15) is 0 Å². The van der Waals surface area contributed by atoms with Crippen LogP contribution in [0.15, 0.2) is 42.5 Å². The second-order valence-electron chi connectivity index (χ2n) is 4.84. The normalized spacial score (nSPS) is 14.1. The van der Waals surface area contributed by atoms with E-state index < -0.39 is 0 Å². The van der Waals surface area contributed by atoms with E-state index in [4.69, 9.17) is 4.74 Å². The fourth-order valence-corrected chi connectivity index (χ4v) is 2.36. The molecule has 0 aliphatic carbocycles. The van der Waals surface area contributed by atoms with E-state index in [2.05, 4.69) is 10.3 Å². The third kappa shape index (κ3) is 2.81. The summed E-state index contributed by atoms with van der Waals surface area (Å²) >= 11 is 0. The van der Waals surface area contributed by atoms with Crippen LogP contribution in [0.2, 0.25) is 0 Å². The van der Waals surface area contributed by atoms with Crippen LogP contribution in [-0.2, 0) is 6.54 Å². The van der Waals surface area contributed by atoms with Crippen LogP contribution in [0.3, 0.4) is 0 Å². The summed E-state index contributed by atoms with van der Waals surface area (Å²) in [5.41, 5.74) is 1.47. The van der Waals surface area contributed by atoms with Crippen LogP contribution < -0.4 is 10.1 Å². The molecule has 0 fully saturated rings. The fourth-order valence-electron chi connectivity index (χ4n) is 2.36. The Morgan fingerprint density at radius 3 is 2.95 bits per heavy atom. The number of carbonyl (C=O) groups is 1. The van der Waals surface area contributed by atoms with E-state index in [0.29, 0.717) is 31.0 Å². The van der Waals surface area contributed by atoms with Crippen molar-refractivity contribution < 1.29 is 9.53 Å². The van der Waals surface area contributed by atoms with Crippen molar-refractivity contribution in [2.45, 2.75) is 6.54 Å². The molecule has 5 nitrogen and oxygen atoms in total. The van der Waals surface area contributed by atoms with Gasteiger partial charge in [-0.3, -0.25) is 4.79 Å². The lowest BCUT2D eigenvalue weighted by molar-refractivity contribution is 0.0741. The summed E-state index contributed by atoms with van der Waals surface area (Å²) in [6, 6.07) is 13.1. The zero-order valence-corrected chi connectivity index (χ0v) is 11.9. The van der Waals surface area contributed by atoms with Crippen LogP contribution >= 0.6 is 0 Å². The topological polar surface area (TPSA) is 54.5 Å². The minimum Gasteiger partial charge on any atom is -0.491 e. The molecule has 1 aliphatic rings. The SMILES string of the molecule is CNc1cccc(CN2CCOc3ccccc3C2=O)n1. The number of aromatic nitrogens is 1. The first kappa shape index (κ1) is 13.4. The van der Waals surface area contributed by atoms with Gasteiger partial charge in [-0.15, -0.1) is 0 Å². The number of ether oxygens (including phenoxy) is 1. The third-order valence-corrected chi connectivity index (χ3v) is 3.44.